The van der Waals surface area contributed by atoms with Crippen molar-refractivity contribution in [3.8, 4) is 0 Å². The Bertz CT molecular complexity index is 553. The highest BCUT2D eigenvalue weighted by Gasteiger charge is 2.39. The second kappa shape index (κ2) is 10.9. The molecule has 1 aliphatic rings. The number of rotatable bonds is 10. The lowest BCUT2D eigenvalue weighted by molar-refractivity contribution is -0.150. The van der Waals surface area contributed by atoms with Crippen LogP contribution in [0.5, 0.6) is 0 Å². The Morgan fingerprint density at radius 2 is 1.89 bits per heavy atom. The quantitative estimate of drug-likeness (QED) is 0.414. The van der Waals surface area contributed by atoms with Gasteiger partial charge in [0.15, 0.2) is 0 Å². The maximum atomic E-state index is 12.9. The molecule has 1 fully saturated rings. The van der Waals surface area contributed by atoms with E-state index in [0.29, 0.717) is 38.8 Å². The molecule has 4 atom stereocenters. The van der Waals surface area contributed by atoms with Crippen molar-refractivity contribution in [1.29, 1.82) is 0 Å². The Hall–Kier alpha value is -2.16. The highest BCUT2D eigenvalue weighted by Crippen LogP contribution is 2.21. The summed E-state index contributed by atoms with van der Waals surface area (Å²) in [6, 6.07) is -1.78. The van der Waals surface area contributed by atoms with E-state index in [2.05, 4.69) is 10.6 Å². The Morgan fingerprint density at radius 1 is 1.22 bits per heavy atom. The fourth-order valence-corrected chi connectivity index (χ4v) is 3.02. The Morgan fingerprint density at radius 3 is 2.44 bits per heavy atom. The Balaban J connectivity index is 2.77. The van der Waals surface area contributed by atoms with Crippen molar-refractivity contribution in [3.63, 3.8) is 0 Å². The van der Waals surface area contributed by atoms with Gasteiger partial charge in [-0.05, 0) is 25.2 Å². The summed E-state index contributed by atoms with van der Waals surface area (Å²) in [5, 5.41) is 24.2. The van der Waals surface area contributed by atoms with E-state index in [-0.39, 0.29) is 5.92 Å². The van der Waals surface area contributed by atoms with Gasteiger partial charge in [-0.2, -0.15) is 0 Å². The van der Waals surface area contributed by atoms with Crippen LogP contribution in [-0.2, 0) is 19.2 Å². The van der Waals surface area contributed by atoms with Crippen LogP contribution >= 0.6 is 0 Å². The molecule has 27 heavy (non-hydrogen) atoms. The van der Waals surface area contributed by atoms with E-state index in [0.717, 1.165) is 0 Å². The molecule has 0 aromatic rings. The van der Waals surface area contributed by atoms with Crippen LogP contribution in [0.1, 0.15) is 52.9 Å². The smallest absolute Gasteiger partial charge is 0.326 e. The molecule has 154 valence electrons. The summed E-state index contributed by atoms with van der Waals surface area (Å²) in [7, 11) is 0. The molecule has 1 rings (SSSR count). The molecule has 3 amide bonds. The van der Waals surface area contributed by atoms with Crippen molar-refractivity contribution in [2.24, 2.45) is 5.92 Å². The highest BCUT2D eigenvalue weighted by atomic mass is 16.4. The topological polar surface area (TPSA) is 136 Å². The first-order chi connectivity index (χ1) is 12.7. The van der Waals surface area contributed by atoms with E-state index in [1.165, 1.54) is 4.90 Å². The van der Waals surface area contributed by atoms with Crippen molar-refractivity contribution >= 4 is 23.7 Å². The highest BCUT2D eigenvalue weighted by molar-refractivity contribution is 5.92. The van der Waals surface area contributed by atoms with Gasteiger partial charge in [0, 0.05) is 13.1 Å². The second-order valence-electron chi connectivity index (χ2n) is 6.97. The number of nitrogens with one attached hydrogen (secondary N) is 2. The average molecular weight is 385 g/mol. The fourth-order valence-electron chi connectivity index (χ4n) is 3.02. The number of hydrogen-bond acceptors (Lipinski definition) is 5. The van der Waals surface area contributed by atoms with E-state index < -0.39 is 48.3 Å². The van der Waals surface area contributed by atoms with Crippen molar-refractivity contribution in [3.05, 3.63) is 0 Å². The predicted molar refractivity (Wildman–Crippen MR) is 97.7 cm³/mol. The molecule has 1 aliphatic heterocycles. The number of likely N-dealkylation sites (tertiary alicyclic amines) is 1. The summed E-state index contributed by atoms with van der Waals surface area (Å²) < 4.78 is 0. The molecule has 9 heteroatoms. The molecular weight excluding hydrogens is 354 g/mol. The molecule has 0 radical (unpaired) electrons. The molecule has 0 aromatic carbocycles. The van der Waals surface area contributed by atoms with E-state index in [1.54, 1.807) is 6.92 Å². The van der Waals surface area contributed by atoms with E-state index in [4.69, 9.17) is 0 Å². The Kier molecular flexibility index (Phi) is 9.20. The van der Waals surface area contributed by atoms with Crippen molar-refractivity contribution in [1.82, 2.24) is 15.5 Å². The van der Waals surface area contributed by atoms with E-state index >= 15 is 0 Å². The molecule has 0 spiro atoms. The van der Waals surface area contributed by atoms with Crippen molar-refractivity contribution in [2.75, 3.05) is 13.1 Å². The molecular formula is C18H31N3O6. The molecule has 0 aromatic heterocycles. The molecule has 4 N–H and O–H groups in total. The first kappa shape index (κ1) is 22.9. The van der Waals surface area contributed by atoms with Crippen LogP contribution in [-0.4, -0.2) is 70.1 Å². The molecule has 0 unspecified atom stereocenters. The number of carbonyl (C=O) groups is 4. The van der Waals surface area contributed by atoms with Crippen LogP contribution < -0.4 is 10.6 Å². The summed E-state index contributed by atoms with van der Waals surface area (Å²) in [6.45, 7) is 6.25. The number of hydrogen-bond donors (Lipinski definition) is 4. The zero-order valence-electron chi connectivity index (χ0n) is 16.2. The summed E-state index contributed by atoms with van der Waals surface area (Å²) >= 11 is 0. The zero-order chi connectivity index (χ0) is 20.6. The maximum Gasteiger partial charge on any atom is 0.326 e. The third kappa shape index (κ3) is 6.50. The van der Waals surface area contributed by atoms with Crippen LogP contribution in [0.25, 0.3) is 0 Å². The lowest BCUT2D eigenvalue weighted by Gasteiger charge is -2.30. The van der Waals surface area contributed by atoms with Crippen LogP contribution in [0.4, 0.5) is 0 Å². The minimum atomic E-state index is -1.50. The maximum absolute atomic E-state index is 12.9. The Labute approximate surface area is 159 Å². The molecule has 0 saturated carbocycles. The number of carbonyl (C=O) groups excluding carboxylic acids is 3. The van der Waals surface area contributed by atoms with Gasteiger partial charge in [0.2, 0.25) is 17.7 Å². The first-order valence-electron chi connectivity index (χ1n) is 9.51. The summed E-state index contributed by atoms with van der Waals surface area (Å²) in [6.07, 6.45) is 0.330. The van der Waals surface area contributed by atoms with Gasteiger partial charge in [-0.15, -0.1) is 0 Å². The predicted octanol–water partition coefficient (Wildman–Crippen LogP) is -0.130. The number of carboxylic acid groups (broad SMARTS) is 1. The van der Waals surface area contributed by atoms with Gasteiger partial charge in [0.1, 0.15) is 18.2 Å². The first-order valence-corrected chi connectivity index (χ1v) is 9.51. The van der Waals surface area contributed by atoms with Gasteiger partial charge in [-0.1, -0.05) is 27.2 Å². The van der Waals surface area contributed by atoms with E-state index in [9.17, 15) is 29.4 Å². The molecule has 9 nitrogen and oxygen atoms in total. The molecule has 0 bridgehead atoms. The van der Waals surface area contributed by atoms with Gasteiger partial charge in [-0.25, -0.2) is 4.79 Å². The lowest BCUT2D eigenvalue weighted by Crippen LogP contribution is -2.54. The average Bonchev–Trinajstić information content (AvgIpc) is 3.12. The van der Waals surface area contributed by atoms with Gasteiger partial charge in [0.25, 0.3) is 0 Å². The van der Waals surface area contributed by atoms with Crippen LogP contribution in [0.2, 0.25) is 0 Å². The SMILES string of the molecule is CCCNC(=O)[C@@H](O)CC(=O)N[C@H](C(=O)N1CCC[C@H]1C(=O)O)[C@@H](C)CC. The fraction of sp³-hybridized carbons (Fsp3) is 0.778. The monoisotopic (exact) mass is 385 g/mol. The van der Waals surface area contributed by atoms with Crippen molar-refractivity contribution in [2.45, 2.75) is 71.1 Å². The van der Waals surface area contributed by atoms with Crippen LogP contribution in [0.15, 0.2) is 0 Å². The summed E-state index contributed by atoms with van der Waals surface area (Å²) in [5.74, 6) is -2.98. The van der Waals surface area contributed by atoms with Gasteiger partial charge in [0.05, 0.1) is 6.42 Å². The number of carboxylic acids is 1. The van der Waals surface area contributed by atoms with Crippen LogP contribution in [0, 0.1) is 5.92 Å². The molecule has 1 saturated heterocycles. The standard InChI is InChI=1S/C18H31N3O6/c1-4-8-19-16(24)13(22)10-14(23)20-15(11(3)5-2)17(25)21-9-6-7-12(21)18(26)27/h11-13,15,22H,4-10H2,1-3H3,(H,19,24)(H,20,23)(H,26,27)/t11-,12-,13-,15-/m0/s1. The second-order valence-corrected chi connectivity index (χ2v) is 6.97. The minimum Gasteiger partial charge on any atom is -0.480 e. The van der Waals surface area contributed by atoms with Crippen LogP contribution in [0.3, 0.4) is 0 Å². The van der Waals surface area contributed by atoms with Crippen molar-refractivity contribution < 1.29 is 29.4 Å². The normalized spacial score (nSPS) is 19.9. The third-order valence-corrected chi connectivity index (χ3v) is 4.85. The van der Waals surface area contributed by atoms with Gasteiger partial charge in [-0.3, -0.25) is 14.4 Å². The van der Waals surface area contributed by atoms with Gasteiger partial charge >= 0.3 is 5.97 Å². The van der Waals surface area contributed by atoms with Gasteiger partial charge < -0.3 is 25.7 Å². The molecule has 0 aliphatic carbocycles. The number of amides is 3. The third-order valence-electron chi connectivity index (χ3n) is 4.85. The van der Waals surface area contributed by atoms with E-state index in [1.807, 2.05) is 13.8 Å². The minimum absolute atomic E-state index is 0.220. The number of aliphatic carboxylic acids is 1. The summed E-state index contributed by atoms with van der Waals surface area (Å²) in [5.41, 5.74) is 0. The summed E-state index contributed by atoms with van der Waals surface area (Å²) in [4.78, 5) is 49.5. The molecule has 1 heterocycles. The number of aliphatic hydroxyl groups excluding tert-OH is 1. The number of aliphatic hydroxyl groups is 1. The number of nitrogens with zero attached hydrogens (tertiary/aromatic N) is 1. The largest absolute Gasteiger partial charge is 0.480 e. The zero-order valence-corrected chi connectivity index (χ0v) is 16.2. The lowest BCUT2D eigenvalue weighted by atomic mass is 9.97.